The molecule has 0 bridgehead atoms. The van der Waals surface area contributed by atoms with Gasteiger partial charge in [0.25, 0.3) is 5.91 Å². The van der Waals surface area contributed by atoms with Gasteiger partial charge >= 0.3 is 0 Å². The minimum absolute atomic E-state index is 0.0216. The van der Waals surface area contributed by atoms with Gasteiger partial charge in [0, 0.05) is 25.2 Å². The van der Waals surface area contributed by atoms with Crippen LogP contribution in [0.1, 0.15) is 24.2 Å². The molecule has 0 saturated heterocycles. The predicted octanol–water partition coefficient (Wildman–Crippen LogP) is 1.50. The Bertz CT molecular complexity index is 360. The van der Waals surface area contributed by atoms with Gasteiger partial charge in [-0.2, -0.15) is 0 Å². The number of amides is 1. The molecule has 0 fully saturated rings. The van der Waals surface area contributed by atoms with E-state index in [9.17, 15) is 4.79 Å². The number of nitrogens with zero attached hydrogens (tertiary/aromatic N) is 1. The summed E-state index contributed by atoms with van der Waals surface area (Å²) in [6.45, 7) is 4.97. The molecule has 1 rings (SSSR count). The SMILES string of the molecule is CCOc1ccc(C(=O)N(C)CC(C)N)cc1. The molecule has 0 heterocycles. The van der Waals surface area contributed by atoms with Crippen molar-refractivity contribution in [2.75, 3.05) is 20.2 Å². The first-order chi connectivity index (χ1) is 8.04. The van der Waals surface area contributed by atoms with Crippen LogP contribution in [0.5, 0.6) is 5.75 Å². The molecule has 94 valence electrons. The molecular formula is C13H20N2O2. The highest BCUT2D eigenvalue weighted by molar-refractivity contribution is 5.94. The molecule has 1 amide bonds. The van der Waals surface area contributed by atoms with Crippen molar-refractivity contribution in [1.82, 2.24) is 4.90 Å². The van der Waals surface area contributed by atoms with Crippen LogP contribution in [0.4, 0.5) is 0 Å². The maximum absolute atomic E-state index is 12.0. The normalized spacial score (nSPS) is 12.0. The number of hydrogen-bond donors (Lipinski definition) is 1. The molecule has 0 aliphatic rings. The van der Waals surface area contributed by atoms with E-state index in [1.54, 1.807) is 36.2 Å². The van der Waals surface area contributed by atoms with E-state index in [0.717, 1.165) is 5.75 Å². The molecular weight excluding hydrogens is 216 g/mol. The molecule has 0 aliphatic heterocycles. The summed E-state index contributed by atoms with van der Waals surface area (Å²) in [5.41, 5.74) is 6.31. The molecule has 1 aromatic rings. The summed E-state index contributed by atoms with van der Waals surface area (Å²) in [6, 6.07) is 7.12. The Morgan fingerprint density at radius 2 is 2.00 bits per heavy atom. The summed E-state index contributed by atoms with van der Waals surface area (Å²) in [4.78, 5) is 13.6. The molecule has 0 aliphatic carbocycles. The lowest BCUT2D eigenvalue weighted by Gasteiger charge is -2.19. The molecule has 1 atom stereocenters. The minimum atomic E-state index is -0.0228. The number of likely N-dealkylation sites (N-methyl/N-ethyl adjacent to an activating group) is 1. The van der Waals surface area contributed by atoms with Gasteiger partial charge < -0.3 is 15.4 Å². The first-order valence-electron chi connectivity index (χ1n) is 5.78. The highest BCUT2D eigenvalue weighted by Gasteiger charge is 2.12. The number of nitrogens with two attached hydrogens (primary N) is 1. The van der Waals surface area contributed by atoms with Gasteiger partial charge in [-0.05, 0) is 38.1 Å². The third kappa shape index (κ3) is 4.07. The van der Waals surface area contributed by atoms with Crippen molar-refractivity contribution in [3.8, 4) is 5.75 Å². The van der Waals surface area contributed by atoms with E-state index in [2.05, 4.69) is 0 Å². The number of benzene rings is 1. The van der Waals surface area contributed by atoms with Crippen molar-refractivity contribution in [3.63, 3.8) is 0 Å². The van der Waals surface area contributed by atoms with Crippen molar-refractivity contribution in [2.45, 2.75) is 19.9 Å². The van der Waals surface area contributed by atoms with E-state index >= 15 is 0 Å². The molecule has 0 aromatic heterocycles. The van der Waals surface area contributed by atoms with E-state index < -0.39 is 0 Å². The Balaban J connectivity index is 2.69. The van der Waals surface area contributed by atoms with E-state index in [-0.39, 0.29) is 11.9 Å². The van der Waals surface area contributed by atoms with Crippen LogP contribution in [0.2, 0.25) is 0 Å². The Morgan fingerprint density at radius 3 is 2.47 bits per heavy atom. The third-order valence-electron chi connectivity index (χ3n) is 2.32. The Morgan fingerprint density at radius 1 is 1.41 bits per heavy atom. The fraction of sp³-hybridized carbons (Fsp3) is 0.462. The van der Waals surface area contributed by atoms with Crippen LogP contribution in [0.3, 0.4) is 0 Å². The lowest BCUT2D eigenvalue weighted by molar-refractivity contribution is 0.0789. The van der Waals surface area contributed by atoms with E-state index in [0.29, 0.717) is 18.7 Å². The first-order valence-corrected chi connectivity index (χ1v) is 5.78. The highest BCUT2D eigenvalue weighted by atomic mass is 16.5. The summed E-state index contributed by atoms with van der Waals surface area (Å²) in [7, 11) is 1.75. The van der Waals surface area contributed by atoms with Crippen molar-refractivity contribution in [3.05, 3.63) is 29.8 Å². The fourth-order valence-electron chi connectivity index (χ4n) is 1.60. The van der Waals surface area contributed by atoms with Gasteiger partial charge in [0.05, 0.1) is 6.61 Å². The number of rotatable bonds is 5. The summed E-state index contributed by atoms with van der Waals surface area (Å²) in [6.07, 6.45) is 0. The number of ether oxygens (including phenoxy) is 1. The second-order valence-electron chi connectivity index (χ2n) is 4.12. The van der Waals surface area contributed by atoms with Gasteiger partial charge in [-0.25, -0.2) is 0 Å². The molecule has 4 nitrogen and oxygen atoms in total. The maximum Gasteiger partial charge on any atom is 0.253 e. The zero-order chi connectivity index (χ0) is 12.8. The van der Waals surface area contributed by atoms with Crippen molar-refractivity contribution >= 4 is 5.91 Å². The minimum Gasteiger partial charge on any atom is -0.494 e. The largest absolute Gasteiger partial charge is 0.494 e. The molecule has 4 heteroatoms. The summed E-state index contributed by atoms with van der Waals surface area (Å²) < 4.78 is 5.32. The van der Waals surface area contributed by atoms with Crippen LogP contribution >= 0.6 is 0 Å². The van der Waals surface area contributed by atoms with E-state index in [1.165, 1.54) is 0 Å². The zero-order valence-electron chi connectivity index (χ0n) is 10.6. The molecule has 0 saturated carbocycles. The summed E-state index contributed by atoms with van der Waals surface area (Å²) in [5.74, 6) is 0.754. The average molecular weight is 236 g/mol. The molecule has 17 heavy (non-hydrogen) atoms. The van der Waals surface area contributed by atoms with E-state index in [1.807, 2.05) is 13.8 Å². The highest BCUT2D eigenvalue weighted by Crippen LogP contribution is 2.13. The van der Waals surface area contributed by atoms with Crippen LogP contribution in [0, 0.1) is 0 Å². The summed E-state index contributed by atoms with van der Waals surface area (Å²) >= 11 is 0. The van der Waals surface area contributed by atoms with Gasteiger partial charge in [-0.3, -0.25) is 4.79 Å². The van der Waals surface area contributed by atoms with Gasteiger partial charge in [0.1, 0.15) is 5.75 Å². The predicted molar refractivity (Wildman–Crippen MR) is 68.2 cm³/mol. The molecule has 0 radical (unpaired) electrons. The lowest BCUT2D eigenvalue weighted by atomic mass is 10.2. The maximum atomic E-state index is 12.0. The van der Waals surface area contributed by atoms with Crippen LogP contribution < -0.4 is 10.5 Å². The second-order valence-corrected chi connectivity index (χ2v) is 4.12. The number of carbonyl (C=O) groups excluding carboxylic acids is 1. The van der Waals surface area contributed by atoms with Gasteiger partial charge in [-0.1, -0.05) is 0 Å². The van der Waals surface area contributed by atoms with Crippen LogP contribution in [0.15, 0.2) is 24.3 Å². The number of hydrogen-bond acceptors (Lipinski definition) is 3. The summed E-state index contributed by atoms with van der Waals surface area (Å²) in [5, 5.41) is 0. The van der Waals surface area contributed by atoms with Gasteiger partial charge in [0.2, 0.25) is 0 Å². The Labute approximate surface area is 102 Å². The Hall–Kier alpha value is -1.55. The smallest absolute Gasteiger partial charge is 0.253 e. The second kappa shape index (κ2) is 6.25. The van der Waals surface area contributed by atoms with Crippen LogP contribution in [-0.2, 0) is 0 Å². The van der Waals surface area contributed by atoms with Crippen molar-refractivity contribution in [2.24, 2.45) is 5.73 Å². The van der Waals surface area contributed by atoms with Gasteiger partial charge in [0.15, 0.2) is 0 Å². The van der Waals surface area contributed by atoms with Crippen molar-refractivity contribution < 1.29 is 9.53 Å². The quantitative estimate of drug-likeness (QED) is 0.843. The van der Waals surface area contributed by atoms with Gasteiger partial charge in [-0.15, -0.1) is 0 Å². The molecule has 1 aromatic carbocycles. The topological polar surface area (TPSA) is 55.6 Å². The number of carbonyl (C=O) groups is 1. The fourth-order valence-corrected chi connectivity index (χ4v) is 1.60. The molecule has 2 N–H and O–H groups in total. The first kappa shape index (κ1) is 13.5. The van der Waals surface area contributed by atoms with Crippen LogP contribution in [0.25, 0.3) is 0 Å². The zero-order valence-corrected chi connectivity index (χ0v) is 10.6. The van der Waals surface area contributed by atoms with Crippen LogP contribution in [-0.4, -0.2) is 37.0 Å². The van der Waals surface area contributed by atoms with E-state index in [4.69, 9.17) is 10.5 Å². The lowest BCUT2D eigenvalue weighted by Crippen LogP contribution is -2.36. The monoisotopic (exact) mass is 236 g/mol. The third-order valence-corrected chi connectivity index (χ3v) is 2.32. The Kier molecular flexibility index (Phi) is 4.97. The molecule has 1 unspecified atom stereocenters. The molecule has 0 spiro atoms. The van der Waals surface area contributed by atoms with Crippen molar-refractivity contribution in [1.29, 1.82) is 0 Å². The average Bonchev–Trinajstić information content (AvgIpc) is 2.28. The standard InChI is InChI=1S/C13H20N2O2/c1-4-17-12-7-5-11(6-8-12)13(16)15(3)9-10(2)14/h5-8,10H,4,9,14H2,1-3H3.